The van der Waals surface area contributed by atoms with Gasteiger partial charge in [-0.05, 0) is 24.6 Å². The van der Waals surface area contributed by atoms with Crippen molar-refractivity contribution in [1.82, 2.24) is 15.5 Å². The minimum Gasteiger partial charge on any atom is -0.496 e. The predicted molar refractivity (Wildman–Crippen MR) is 116 cm³/mol. The summed E-state index contributed by atoms with van der Waals surface area (Å²) < 4.78 is 16.0. The SMILES string of the molecule is CCOC(=O)C1=C(CN2CCSCC2)NC(=O)N[C@@H]1c1ccc(OC)c(COC)c1. The van der Waals surface area contributed by atoms with Crippen LogP contribution in [0.4, 0.5) is 4.79 Å². The van der Waals surface area contributed by atoms with Crippen molar-refractivity contribution in [3.05, 3.63) is 40.6 Å². The molecule has 1 saturated heterocycles. The number of thioether (sulfide) groups is 1. The van der Waals surface area contributed by atoms with Crippen molar-refractivity contribution in [1.29, 1.82) is 0 Å². The van der Waals surface area contributed by atoms with Crippen LogP contribution in [0.1, 0.15) is 24.1 Å². The van der Waals surface area contributed by atoms with Crippen LogP contribution in [0, 0.1) is 0 Å². The van der Waals surface area contributed by atoms with Gasteiger partial charge in [0, 0.05) is 49.5 Å². The maximum Gasteiger partial charge on any atom is 0.338 e. The van der Waals surface area contributed by atoms with Crippen molar-refractivity contribution < 1.29 is 23.8 Å². The molecule has 2 heterocycles. The van der Waals surface area contributed by atoms with Gasteiger partial charge in [0.1, 0.15) is 5.75 Å². The zero-order valence-electron chi connectivity index (χ0n) is 17.7. The standard InChI is InChI=1S/C21H29N3O5S/c1-4-29-20(25)18-16(12-24-7-9-30-10-8-24)22-21(26)23-19(18)14-5-6-17(28-3)15(11-14)13-27-2/h5-6,11,19H,4,7-10,12-13H2,1-3H3,(H2,22,23,26)/t19-/m1/s1. The summed E-state index contributed by atoms with van der Waals surface area (Å²) in [6, 6.07) is 4.62. The molecule has 1 atom stereocenters. The number of nitrogens with zero attached hydrogens (tertiary/aromatic N) is 1. The van der Waals surface area contributed by atoms with Gasteiger partial charge in [-0.1, -0.05) is 6.07 Å². The highest BCUT2D eigenvalue weighted by atomic mass is 32.2. The van der Waals surface area contributed by atoms with E-state index >= 15 is 0 Å². The molecule has 3 rings (SSSR count). The number of nitrogens with one attached hydrogen (secondary N) is 2. The molecule has 0 bridgehead atoms. The molecule has 1 fully saturated rings. The Hall–Kier alpha value is -2.23. The van der Waals surface area contributed by atoms with Crippen LogP contribution < -0.4 is 15.4 Å². The minimum absolute atomic E-state index is 0.258. The largest absolute Gasteiger partial charge is 0.496 e. The first-order valence-corrected chi connectivity index (χ1v) is 11.2. The lowest BCUT2D eigenvalue weighted by Crippen LogP contribution is -2.49. The Labute approximate surface area is 181 Å². The highest BCUT2D eigenvalue weighted by Crippen LogP contribution is 2.31. The van der Waals surface area contributed by atoms with E-state index in [9.17, 15) is 9.59 Å². The van der Waals surface area contributed by atoms with Crippen molar-refractivity contribution in [2.24, 2.45) is 0 Å². The van der Waals surface area contributed by atoms with Crippen LogP contribution in [0.5, 0.6) is 5.75 Å². The van der Waals surface area contributed by atoms with Crippen molar-refractivity contribution in [3.8, 4) is 5.75 Å². The molecule has 164 valence electrons. The maximum absolute atomic E-state index is 12.9. The third kappa shape index (κ3) is 5.27. The Morgan fingerprint density at radius 3 is 2.70 bits per heavy atom. The van der Waals surface area contributed by atoms with Crippen molar-refractivity contribution in [2.75, 3.05) is 52.0 Å². The number of esters is 1. The fourth-order valence-corrected chi connectivity index (χ4v) is 4.65. The predicted octanol–water partition coefficient (Wildman–Crippen LogP) is 2.06. The Morgan fingerprint density at radius 1 is 1.27 bits per heavy atom. The molecule has 0 radical (unpaired) electrons. The van der Waals surface area contributed by atoms with E-state index in [4.69, 9.17) is 14.2 Å². The van der Waals surface area contributed by atoms with Crippen LogP contribution in [-0.2, 0) is 20.9 Å². The lowest BCUT2D eigenvalue weighted by molar-refractivity contribution is -0.139. The van der Waals surface area contributed by atoms with E-state index < -0.39 is 12.0 Å². The summed E-state index contributed by atoms with van der Waals surface area (Å²) in [6.07, 6.45) is 0. The minimum atomic E-state index is -0.617. The second kappa shape index (κ2) is 10.7. The average Bonchev–Trinajstić information content (AvgIpc) is 2.74. The molecule has 0 aliphatic carbocycles. The van der Waals surface area contributed by atoms with E-state index in [0.29, 0.717) is 30.2 Å². The molecule has 1 aromatic rings. The molecule has 9 heteroatoms. The molecular weight excluding hydrogens is 406 g/mol. The molecule has 8 nitrogen and oxygen atoms in total. The molecule has 1 aromatic carbocycles. The number of rotatable bonds is 8. The highest BCUT2D eigenvalue weighted by Gasteiger charge is 2.34. The molecule has 2 N–H and O–H groups in total. The summed E-state index contributed by atoms with van der Waals surface area (Å²) in [5, 5.41) is 5.73. The summed E-state index contributed by atoms with van der Waals surface area (Å²) in [4.78, 5) is 27.7. The molecule has 2 aliphatic heterocycles. The third-order valence-corrected chi connectivity index (χ3v) is 6.01. The summed E-state index contributed by atoms with van der Waals surface area (Å²) in [7, 11) is 3.21. The zero-order chi connectivity index (χ0) is 21.5. The van der Waals surface area contributed by atoms with Crippen LogP contribution in [0.3, 0.4) is 0 Å². The van der Waals surface area contributed by atoms with E-state index in [0.717, 1.165) is 35.7 Å². The molecular formula is C21H29N3O5S. The quantitative estimate of drug-likeness (QED) is 0.604. The van der Waals surface area contributed by atoms with Gasteiger partial charge in [-0.15, -0.1) is 0 Å². The Kier molecular flexibility index (Phi) is 8.01. The fourth-order valence-electron chi connectivity index (χ4n) is 3.67. The molecule has 0 saturated carbocycles. The molecule has 30 heavy (non-hydrogen) atoms. The van der Waals surface area contributed by atoms with Gasteiger partial charge in [-0.25, -0.2) is 9.59 Å². The van der Waals surface area contributed by atoms with Crippen LogP contribution in [0.15, 0.2) is 29.5 Å². The Morgan fingerprint density at radius 2 is 2.03 bits per heavy atom. The van der Waals surface area contributed by atoms with E-state index in [2.05, 4.69) is 15.5 Å². The van der Waals surface area contributed by atoms with Crippen LogP contribution >= 0.6 is 11.8 Å². The van der Waals surface area contributed by atoms with Crippen molar-refractivity contribution >= 4 is 23.8 Å². The molecule has 0 unspecified atom stereocenters. The van der Waals surface area contributed by atoms with Gasteiger partial charge >= 0.3 is 12.0 Å². The molecule has 2 aliphatic rings. The van der Waals surface area contributed by atoms with Gasteiger partial charge in [-0.2, -0.15) is 11.8 Å². The van der Waals surface area contributed by atoms with Gasteiger partial charge in [-0.3, -0.25) is 4.90 Å². The van der Waals surface area contributed by atoms with Crippen LogP contribution in [0.25, 0.3) is 0 Å². The van der Waals surface area contributed by atoms with E-state index in [-0.39, 0.29) is 12.6 Å². The first-order chi connectivity index (χ1) is 14.6. The van der Waals surface area contributed by atoms with Gasteiger partial charge in [0.25, 0.3) is 0 Å². The van der Waals surface area contributed by atoms with Crippen LogP contribution in [0.2, 0.25) is 0 Å². The lowest BCUT2D eigenvalue weighted by Gasteiger charge is -2.33. The normalized spacial score (nSPS) is 19.8. The molecule has 0 spiro atoms. The van der Waals surface area contributed by atoms with Gasteiger partial charge in [0.15, 0.2) is 0 Å². The summed E-state index contributed by atoms with van der Waals surface area (Å²) in [5.74, 6) is 2.33. The third-order valence-electron chi connectivity index (χ3n) is 5.07. The number of hydrogen-bond donors (Lipinski definition) is 2. The second-order valence-electron chi connectivity index (χ2n) is 7.04. The van der Waals surface area contributed by atoms with Gasteiger partial charge in [0.05, 0.1) is 31.9 Å². The number of amides is 2. The second-order valence-corrected chi connectivity index (χ2v) is 8.26. The number of ether oxygens (including phenoxy) is 3. The van der Waals surface area contributed by atoms with E-state index in [1.165, 1.54) is 0 Å². The molecule has 2 amide bonds. The maximum atomic E-state index is 12.9. The van der Waals surface area contributed by atoms with Crippen LogP contribution in [-0.4, -0.2) is 68.9 Å². The van der Waals surface area contributed by atoms with E-state index in [1.54, 1.807) is 21.1 Å². The molecule has 0 aromatic heterocycles. The number of benzene rings is 1. The smallest absolute Gasteiger partial charge is 0.338 e. The first kappa shape index (κ1) is 22.5. The fraction of sp³-hybridized carbons (Fsp3) is 0.524. The number of carbonyl (C=O) groups is 2. The number of urea groups is 1. The monoisotopic (exact) mass is 435 g/mol. The number of methoxy groups -OCH3 is 2. The summed E-state index contributed by atoms with van der Waals surface area (Å²) >= 11 is 1.91. The average molecular weight is 436 g/mol. The zero-order valence-corrected chi connectivity index (χ0v) is 18.5. The lowest BCUT2D eigenvalue weighted by atomic mass is 9.93. The highest BCUT2D eigenvalue weighted by molar-refractivity contribution is 7.99. The first-order valence-electron chi connectivity index (χ1n) is 10.0. The van der Waals surface area contributed by atoms with Crippen molar-refractivity contribution in [2.45, 2.75) is 19.6 Å². The Balaban J connectivity index is 2.01. The van der Waals surface area contributed by atoms with E-state index in [1.807, 2.05) is 30.0 Å². The van der Waals surface area contributed by atoms with Gasteiger partial charge in [0.2, 0.25) is 0 Å². The van der Waals surface area contributed by atoms with Crippen molar-refractivity contribution in [3.63, 3.8) is 0 Å². The number of hydrogen-bond acceptors (Lipinski definition) is 7. The summed E-state index contributed by atoms with van der Waals surface area (Å²) in [6.45, 7) is 4.71. The Bertz CT molecular complexity index is 808. The number of carbonyl (C=O) groups excluding carboxylic acids is 2. The van der Waals surface area contributed by atoms with Gasteiger partial charge < -0.3 is 24.8 Å². The topological polar surface area (TPSA) is 89.1 Å². The summed E-state index contributed by atoms with van der Waals surface area (Å²) in [5.41, 5.74) is 2.64.